The van der Waals surface area contributed by atoms with E-state index in [0.717, 1.165) is 14.2 Å². The van der Waals surface area contributed by atoms with Gasteiger partial charge >= 0.3 is 11.9 Å². The first-order valence-corrected chi connectivity index (χ1v) is 6.90. The summed E-state index contributed by atoms with van der Waals surface area (Å²) in [5, 5.41) is 4.56. The zero-order valence-corrected chi connectivity index (χ0v) is 13.7. The Labute approximate surface area is 146 Å². The van der Waals surface area contributed by atoms with Crippen LogP contribution < -0.4 is 10.6 Å². The Hall–Kier alpha value is -3.56. The van der Waals surface area contributed by atoms with Crippen molar-refractivity contribution in [2.45, 2.75) is 0 Å². The van der Waals surface area contributed by atoms with E-state index in [-0.39, 0.29) is 11.4 Å². The lowest BCUT2D eigenvalue weighted by Gasteiger charge is -2.05. The molecule has 0 radical (unpaired) electrons. The molecule has 26 heavy (non-hydrogen) atoms. The summed E-state index contributed by atoms with van der Waals surface area (Å²) in [6, 6.07) is 5.44. The molecule has 0 aliphatic rings. The molecule has 0 fully saturated rings. The van der Waals surface area contributed by atoms with Crippen LogP contribution >= 0.6 is 0 Å². The maximum Gasteiger partial charge on any atom is 0.367 e. The van der Waals surface area contributed by atoms with Crippen LogP contribution in [-0.2, 0) is 28.7 Å². The minimum absolute atomic E-state index is 0.234. The third-order valence-corrected chi connectivity index (χ3v) is 2.70. The van der Waals surface area contributed by atoms with E-state index in [1.165, 1.54) is 24.3 Å². The topological polar surface area (TPSA) is 111 Å². The number of amides is 2. The highest BCUT2D eigenvalue weighted by atomic mass is 19.1. The average molecular weight is 368 g/mol. The second-order valence-corrected chi connectivity index (χ2v) is 4.52. The molecule has 0 atom stereocenters. The molecule has 0 saturated heterocycles. The van der Waals surface area contributed by atoms with E-state index in [4.69, 9.17) is 0 Å². The van der Waals surface area contributed by atoms with Crippen LogP contribution in [-0.4, -0.2) is 38.0 Å². The lowest BCUT2D eigenvalue weighted by atomic mass is 10.2. The first kappa shape index (κ1) is 20.5. The molecule has 0 heterocycles. The van der Waals surface area contributed by atoms with Crippen molar-refractivity contribution in [3.8, 4) is 0 Å². The number of hydrogen-bond acceptors (Lipinski definition) is 6. The van der Waals surface area contributed by atoms with Gasteiger partial charge in [-0.15, -0.1) is 0 Å². The molecule has 8 nitrogen and oxygen atoms in total. The summed E-state index contributed by atoms with van der Waals surface area (Å²) >= 11 is 0. The molecule has 2 N–H and O–H groups in total. The van der Waals surface area contributed by atoms with Gasteiger partial charge in [0.15, 0.2) is 0 Å². The third-order valence-electron chi connectivity index (χ3n) is 2.70. The SMILES string of the molecule is COC(=O)/C(F)=C\C(=O)Nc1ccc(NC(=O)/C=C(/F)C(=O)OC)cc1. The number of rotatable bonds is 6. The normalized spacial score (nSPS) is 11.4. The lowest BCUT2D eigenvalue weighted by molar-refractivity contribution is -0.138. The van der Waals surface area contributed by atoms with Crippen LogP contribution in [0.5, 0.6) is 0 Å². The summed E-state index contributed by atoms with van der Waals surface area (Å²) < 4.78 is 34.5. The van der Waals surface area contributed by atoms with Crippen molar-refractivity contribution in [2.24, 2.45) is 0 Å². The Morgan fingerprint density at radius 3 is 1.35 bits per heavy atom. The van der Waals surface area contributed by atoms with Crippen molar-refractivity contribution < 1.29 is 37.4 Å². The smallest absolute Gasteiger partial charge is 0.367 e. The van der Waals surface area contributed by atoms with Crippen molar-refractivity contribution >= 4 is 35.1 Å². The molecule has 2 amide bonds. The number of anilines is 2. The standard InChI is InChI=1S/C16H14F2N2O6/c1-25-15(23)11(17)7-13(21)19-9-3-5-10(6-4-9)20-14(22)8-12(18)16(24)26-2/h3-8H,1-2H3,(H,19,21)(H,20,22)/b11-7+,12-8+. The first-order valence-electron chi connectivity index (χ1n) is 6.90. The van der Waals surface area contributed by atoms with Gasteiger partial charge in [0, 0.05) is 23.5 Å². The maximum atomic E-state index is 13.2. The average Bonchev–Trinajstić information content (AvgIpc) is 2.61. The van der Waals surface area contributed by atoms with Crippen LogP contribution in [0, 0.1) is 0 Å². The van der Waals surface area contributed by atoms with E-state index in [2.05, 4.69) is 20.1 Å². The summed E-state index contributed by atoms with van der Waals surface area (Å²) in [6.07, 6.45) is 0.837. The predicted octanol–water partition coefficient (Wildman–Crippen LogP) is 1.62. The molecular formula is C16H14F2N2O6. The van der Waals surface area contributed by atoms with Crippen molar-refractivity contribution in [1.82, 2.24) is 0 Å². The largest absolute Gasteiger partial charge is 0.464 e. The number of methoxy groups -OCH3 is 2. The molecule has 1 aromatic carbocycles. The van der Waals surface area contributed by atoms with Crippen molar-refractivity contribution in [3.63, 3.8) is 0 Å². The van der Waals surface area contributed by atoms with Crippen molar-refractivity contribution in [2.75, 3.05) is 24.9 Å². The summed E-state index contributed by atoms with van der Waals surface area (Å²) in [6.45, 7) is 0. The monoisotopic (exact) mass is 368 g/mol. The van der Waals surface area contributed by atoms with Crippen LogP contribution in [0.4, 0.5) is 20.2 Å². The Bertz CT molecular complexity index is 706. The van der Waals surface area contributed by atoms with Gasteiger partial charge in [-0.05, 0) is 24.3 Å². The molecule has 0 spiro atoms. The van der Waals surface area contributed by atoms with Crippen molar-refractivity contribution in [3.05, 3.63) is 48.1 Å². The van der Waals surface area contributed by atoms with Gasteiger partial charge in [0.2, 0.25) is 11.7 Å². The van der Waals surface area contributed by atoms with Crippen LogP contribution in [0.3, 0.4) is 0 Å². The van der Waals surface area contributed by atoms with E-state index in [0.29, 0.717) is 12.2 Å². The predicted molar refractivity (Wildman–Crippen MR) is 86.1 cm³/mol. The van der Waals surface area contributed by atoms with Crippen LogP contribution in [0.2, 0.25) is 0 Å². The Kier molecular flexibility index (Phi) is 7.62. The fourth-order valence-electron chi connectivity index (χ4n) is 1.54. The highest BCUT2D eigenvalue weighted by Crippen LogP contribution is 2.14. The zero-order valence-electron chi connectivity index (χ0n) is 13.7. The molecule has 1 rings (SSSR count). The molecule has 0 aliphatic carbocycles. The van der Waals surface area contributed by atoms with Gasteiger partial charge in [0.1, 0.15) is 0 Å². The minimum atomic E-state index is -1.37. The van der Waals surface area contributed by atoms with Gasteiger partial charge in [0.25, 0.3) is 11.8 Å². The number of benzene rings is 1. The van der Waals surface area contributed by atoms with Gasteiger partial charge in [-0.3, -0.25) is 9.59 Å². The lowest BCUT2D eigenvalue weighted by Crippen LogP contribution is -2.12. The van der Waals surface area contributed by atoms with Crippen LogP contribution in [0.15, 0.2) is 48.1 Å². The molecule has 0 bridgehead atoms. The second kappa shape index (κ2) is 9.67. The van der Waals surface area contributed by atoms with E-state index < -0.39 is 35.4 Å². The fraction of sp³-hybridized carbons (Fsp3) is 0.125. The second-order valence-electron chi connectivity index (χ2n) is 4.52. The van der Waals surface area contributed by atoms with E-state index >= 15 is 0 Å². The fourth-order valence-corrected chi connectivity index (χ4v) is 1.54. The highest BCUT2D eigenvalue weighted by molar-refractivity contribution is 6.05. The third kappa shape index (κ3) is 6.51. The van der Waals surface area contributed by atoms with Crippen LogP contribution in [0.1, 0.15) is 0 Å². The molecule has 0 unspecified atom stereocenters. The van der Waals surface area contributed by atoms with Crippen LogP contribution in [0.25, 0.3) is 0 Å². The molecule has 0 aliphatic heterocycles. The summed E-state index contributed by atoms with van der Waals surface area (Å²) in [7, 11) is 1.93. The number of carbonyl (C=O) groups is 4. The molecule has 10 heteroatoms. The molecule has 1 aromatic rings. The number of carbonyl (C=O) groups excluding carboxylic acids is 4. The van der Waals surface area contributed by atoms with E-state index in [9.17, 15) is 28.0 Å². The highest BCUT2D eigenvalue weighted by Gasteiger charge is 2.12. The van der Waals surface area contributed by atoms with Gasteiger partial charge in [-0.1, -0.05) is 0 Å². The first-order chi connectivity index (χ1) is 12.3. The molecule has 0 aromatic heterocycles. The molecule has 138 valence electrons. The minimum Gasteiger partial charge on any atom is -0.464 e. The number of esters is 2. The molecular weight excluding hydrogens is 354 g/mol. The van der Waals surface area contributed by atoms with E-state index in [1.54, 1.807) is 0 Å². The maximum absolute atomic E-state index is 13.2. The van der Waals surface area contributed by atoms with Gasteiger partial charge in [-0.25, -0.2) is 9.59 Å². The summed E-state index contributed by atoms with van der Waals surface area (Å²) in [5.41, 5.74) is 0.469. The van der Waals surface area contributed by atoms with Gasteiger partial charge < -0.3 is 20.1 Å². The summed E-state index contributed by atoms with van der Waals surface area (Å²) in [5.74, 6) is -7.13. The quantitative estimate of drug-likeness (QED) is 0.583. The van der Waals surface area contributed by atoms with Crippen molar-refractivity contribution in [1.29, 1.82) is 0 Å². The van der Waals surface area contributed by atoms with Gasteiger partial charge in [-0.2, -0.15) is 8.78 Å². The Morgan fingerprint density at radius 2 is 1.08 bits per heavy atom. The number of hydrogen-bond donors (Lipinski definition) is 2. The number of halogens is 2. The number of nitrogens with one attached hydrogen (secondary N) is 2. The van der Waals surface area contributed by atoms with E-state index in [1.807, 2.05) is 0 Å². The van der Waals surface area contributed by atoms with Gasteiger partial charge in [0.05, 0.1) is 14.2 Å². The number of ether oxygens (including phenoxy) is 2. The Balaban J connectivity index is 2.69. The Morgan fingerprint density at radius 1 is 0.769 bits per heavy atom. The zero-order chi connectivity index (χ0) is 19.7. The summed E-state index contributed by atoms with van der Waals surface area (Å²) in [4.78, 5) is 44.7. The molecule has 0 saturated carbocycles.